The molecule has 0 fully saturated rings. The Bertz CT molecular complexity index is 1350. The normalized spacial score (nSPS) is 13.8. The average molecular weight is 583 g/mol. The number of nitrogen functional groups attached to an aromatic ring is 1. The molecular weight excluding hydrogens is 552 g/mol. The monoisotopic (exact) mass is 582 g/mol. The highest BCUT2D eigenvalue weighted by molar-refractivity contribution is 9.10. The molecule has 10 nitrogen and oxygen atoms in total. The van der Waals surface area contributed by atoms with Crippen LogP contribution in [-0.4, -0.2) is 67.6 Å². The zero-order chi connectivity index (χ0) is 27.4. The number of aromatic nitrogens is 2. The SMILES string of the molecule is CCN(CC)CN1C(=O)C(=Nc2ncc(Cc3cc(OC)c(OC)c(OC)c3)c(N)n2)c2cc(Br)ccc21. The van der Waals surface area contributed by atoms with Crippen LogP contribution in [0.4, 0.5) is 17.5 Å². The summed E-state index contributed by atoms with van der Waals surface area (Å²) in [4.78, 5) is 30.7. The first-order valence-corrected chi connectivity index (χ1v) is 13.0. The molecule has 11 heteroatoms. The molecule has 2 N–H and O–H groups in total. The molecule has 38 heavy (non-hydrogen) atoms. The molecule has 1 aromatic heterocycles. The minimum Gasteiger partial charge on any atom is -0.493 e. The minimum absolute atomic E-state index is 0.120. The lowest BCUT2D eigenvalue weighted by atomic mass is 10.1. The molecule has 0 atom stereocenters. The molecule has 0 saturated carbocycles. The Morgan fingerprint density at radius 1 is 1.05 bits per heavy atom. The maximum absolute atomic E-state index is 13.4. The number of carbonyl (C=O) groups is 1. The van der Waals surface area contributed by atoms with Crippen LogP contribution in [0.1, 0.15) is 30.5 Å². The number of nitrogens with two attached hydrogens (primary N) is 1. The van der Waals surface area contributed by atoms with Gasteiger partial charge in [-0.2, -0.15) is 4.98 Å². The first kappa shape index (κ1) is 27.3. The lowest BCUT2D eigenvalue weighted by Gasteiger charge is -2.25. The molecule has 0 unspecified atom stereocenters. The second-order valence-corrected chi connectivity index (χ2v) is 9.51. The third-order valence-electron chi connectivity index (χ3n) is 6.40. The first-order valence-electron chi connectivity index (χ1n) is 12.2. The summed E-state index contributed by atoms with van der Waals surface area (Å²) in [5, 5.41) is 0. The quantitative estimate of drug-likeness (QED) is 0.378. The van der Waals surface area contributed by atoms with E-state index in [0.717, 1.165) is 34.4 Å². The number of amides is 1. The molecule has 1 amide bonds. The molecule has 0 saturated heterocycles. The lowest BCUT2D eigenvalue weighted by Crippen LogP contribution is -2.41. The van der Waals surface area contributed by atoms with Crippen molar-refractivity contribution in [3.05, 3.63) is 57.7 Å². The van der Waals surface area contributed by atoms with Gasteiger partial charge in [0.05, 0.1) is 33.7 Å². The van der Waals surface area contributed by atoms with Gasteiger partial charge < -0.3 is 19.9 Å². The molecule has 0 aliphatic carbocycles. The maximum Gasteiger partial charge on any atom is 0.278 e. The van der Waals surface area contributed by atoms with Crippen LogP contribution in [0.3, 0.4) is 0 Å². The number of hydrogen-bond donors (Lipinski definition) is 1. The van der Waals surface area contributed by atoms with Crippen LogP contribution in [0, 0.1) is 0 Å². The molecular formula is C27H31BrN6O4. The fourth-order valence-electron chi connectivity index (χ4n) is 4.32. The van der Waals surface area contributed by atoms with Gasteiger partial charge in [-0.3, -0.25) is 14.6 Å². The van der Waals surface area contributed by atoms with Crippen molar-refractivity contribution in [3.63, 3.8) is 0 Å². The molecule has 200 valence electrons. The second-order valence-electron chi connectivity index (χ2n) is 8.59. The highest BCUT2D eigenvalue weighted by atomic mass is 79.9. The molecule has 0 spiro atoms. The van der Waals surface area contributed by atoms with Crippen molar-refractivity contribution in [2.75, 3.05) is 51.7 Å². The number of fused-ring (bicyclic) bond motifs is 1. The van der Waals surface area contributed by atoms with Crippen LogP contribution in [0.2, 0.25) is 0 Å². The van der Waals surface area contributed by atoms with E-state index in [4.69, 9.17) is 19.9 Å². The van der Waals surface area contributed by atoms with Crippen LogP contribution < -0.4 is 24.8 Å². The summed E-state index contributed by atoms with van der Waals surface area (Å²) in [6.07, 6.45) is 2.06. The number of rotatable bonds is 10. The molecule has 0 bridgehead atoms. The summed E-state index contributed by atoms with van der Waals surface area (Å²) < 4.78 is 17.1. The molecule has 2 aromatic carbocycles. The van der Waals surface area contributed by atoms with Crippen LogP contribution in [-0.2, 0) is 11.2 Å². The largest absolute Gasteiger partial charge is 0.493 e. The van der Waals surface area contributed by atoms with Crippen molar-refractivity contribution >= 4 is 45.0 Å². The smallest absolute Gasteiger partial charge is 0.278 e. The number of halogens is 1. The second kappa shape index (κ2) is 11.8. The van der Waals surface area contributed by atoms with E-state index in [1.165, 1.54) is 0 Å². The maximum atomic E-state index is 13.4. The Labute approximate surface area is 230 Å². The van der Waals surface area contributed by atoms with E-state index in [2.05, 4.69) is 49.6 Å². The highest BCUT2D eigenvalue weighted by Gasteiger charge is 2.35. The molecule has 3 aromatic rings. The van der Waals surface area contributed by atoms with Gasteiger partial charge in [-0.05, 0) is 49.0 Å². The van der Waals surface area contributed by atoms with E-state index in [1.807, 2.05) is 30.3 Å². The van der Waals surface area contributed by atoms with Crippen LogP contribution in [0.5, 0.6) is 17.2 Å². The van der Waals surface area contributed by atoms with Crippen molar-refractivity contribution < 1.29 is 19.0 Å². The van der Waals surface area contributed by atoms with Crippen molar-refractivity contribution in [1.82, 2.24) is 14.9 Å². The van der Waals surface area contributed by atoms with Crippen molar-refractivity contribution in [2.24, 2.45) is 4.99 Å². The van der Waals surface area contributed by atoms with Gasteiger partial charge in [0.15, 0.2) is 11.5 Å². The van der Waals surface area contributed by atoms with Crippen molar-refractivity contribution in [2.45, 2.75) is 20.3 Å². The predicted octanol–water partition coefficient (Wildman–Crippen LogP) is 4.20. The molecule has 4 rings (SSSR count). The van der Waals surface area contributed by atoms with E-state index >= 15 is 0 Å². The number of aliphatic imine (C=N–C) groups is 1. The van der Waals surface area contributed by atoms with Gasteiger partial charge in [0.25, 0.3) is 11.9 Å². The number of hydrogen-bond acceptors (Lipinski definition) is 9. The van der Waals surface area contributed by atoms with E-state index in [0.29, 0.717) is 35.9 Å². The topological polar surface area (TPSA) is 115 Å². The fourth-order valence-corrected chi connectivity index (χ4v) is 4.68. The van der Waals surface area contributed by atoms with E-state index < -0.39 is 0 Å². The zero-order valence-electron chi connectivity index (χ0n) is 22.1. The number of nitrogens with zero attached hydrogens (tertiary/aromatic N) is 5. The lowest BCUT2D eigenvalue weighted by molar-refractivity contribution is -0.112. The number of methoxy groups -OCH3 is 3. The van der Waals surface area contributed by atoms with Gasteiger partial charge in [-0.1, -0.05) is 29.8 Å². The number of benzene rings is 2. The van der Waals surface area contributed by atoms with E-state index in [1.54, 1.807) is 32.4 Å². The minimum atomic E-state index is -0.200. The highest BCUT2D eigenvalue weighted by Crippen LogP contribution is 2.39. The van der Waals surface area contributed by atoms with Gasteiger partial charge in [-0.15, -0.1) is 0 Å². The van der Waals surface area contributed by atoms with Gasteiger partial charge in [0.1, 0.15) is 11.5 Å². The standard InChI is InChI=1S/C27H31BrN6O4/c1-6-33(7-2)15-34-20-9-8-18(28)13-19(20)23(26(34)35)31-27-30-14-17(25(29)32-27)10-16-11-21(36-3)24(38-5)22(12-16)37-4/h8-9,11-14H,6-7,10,15H2,1-5H3,(H2,29,30,32). The predicted molar refractivity (Wildman–Crippen MR) is 151 cm³/mol. The molecule has 2 heterocycles. The third-order valence-corrected chi connectivity index (χ3v) is 6.90. The van der Waals surface area contributed by atoms with Gasteiger partial charge >= 0.3 is 0 Å². The summed E-state index contributed by atoms with van der Waals surface area (Å²) in [6.45, 7) is 6.25. The Morgan fingerprint density at radius 2 is 1.74 bits per heavy atom. The van der Waals surface area contributed by atoms with Crippen molar-refractivity contribution in [1.29, 1.82) is 0 Å². The van der Waals surface area contributed by atoms with E-state index in [9.17, 15) is 4.79 Å². The summed E-state index contributed by atoms with van der Waals surface area (Å²) in [5.74, 6) is 1.79. The summed E-state index contributed by atoms with van der Waals surface area (Å²) in [5.41, 5.74) is 9.69. The van der Waals surface area contributed by atoms with Gasteiger partial charge in [0, 0.05) is 28.2 Å². The first-order chi connectivity index (χ1) is 18.3. The summed E-state index contributed by atoms with van der Waals surface area (Å²) in [7, 11) is 4.69. The molecule has 0 radical (unpaired) electrons. The number of carbonyl (C=O) groups excluding carboxylic acids is 1. The van der Waals surface area contributed by atoms with Crippen molar-refractivity contribution in [3.8, 4) is 17.2 Å². The number of ether oxygens (including phenoxy) is 3. The van der Waals surface area contributed by atoms with Crippen LogP contribution in [0.25, 0.3) is 0 Å². The molecule has 1 aliphatic rings. The zero-order valence-corrected chi connectivity index (χ0v) is 23.7. The summed E-state index contributed by atoms with van der Waals surface area (Å²) in [6, 6.07) is 9.42. The van der Waals surface area contributed by atoms with Gasteiger partial charge in [0.2, 0.25) is 5.75 Å². The Kier molecular flexibility index (Phi) is 8.48. The Hall–Kier alpha value is -3.70. The molecule has 1 aliphatic heterocycles. The van der Waals surface area contributed by atoms with Crippen LogP contribution in [0.15, 0.2) is 46.0 Å². The van der Waals surface area contributed by atoms with E-state index in [-0.39, 0.29) is 23.4 Å². The van der Waals surface area contributed by atoms with Gasteiger partial charge in [-0.25, -0.2) is 9.98 Å². The fraction of sp³-hybridized carbons (Fsp3) is 0.333. The average Bonchev–Trinajstić information content (AvgIpc) is 3.17. The number of anilines is 2. The Balaban J connectivity index is 1.65. The third kappa shape index (κ3) is 5.44. The Morgan fingerprint density at radius 3 is 2.32 bits per heavy atom. The van der Waals surface area contributed by atoms with Crippen LogP contribution >= 0.6 is 15.9 Å². The summed E-state index contributed by atoms with van der Waals surface area (Å²) >= 11 is 3.51.